The van der Waals surface area contributed by atoms with Crippen LogP contribution in [0.1, 0.15) is 51.9 Å². The molecule has 4 nitrogen and oxygen atoms in total. The molecule has 4 saturated carbocycles. The number of aliphatic carboxylic acids is 1. The summed E-state index contributed by atoms with van der Waals surface area (Å²) in [4.78, 5) is 22.5. The Morgan fingerprint density at radius 3 is 2.00 bits per heavy atom. The summed E-state index contributed by atoms with van der Waals surface area (Å²) in [5.74, 6) is 1.33. The summed E-state index contributed by atoms with van der Waals surface area (Å²) in [5.41, 5.74) is 0.195. The zero-order valence-corrected chi connectivity index (χ0v) is 11.5. The highest BCUT2D eigenvalue weighted by molar-refractivity contribution is 5.82. The van der Waals surface area contributed by atoms with Crippen LogP contribution in [0.4, 0.5) is 0 Å². The summed E-state index contributed by atoms with van der Waals surface area (Å²) in [7, 11) is 0. The third-order valence-electron chi connectivity index (χ3n) is 5.48. The number of amides is 1. The maximum absolute atomic E-state index is 11.3. The van der Waals surface area contributed by atoms with E-state index in [1.807, 2.05) is 0 Å². The van der Waals surface area contributed by atoms with Gasteiger partial charge in [0, 0.05) is 6.92 Å². The van der Waals surface area contributed by atoms with Crippen molar-refractivity contribution in [2.24, 2.45) is 23.2 Å². The van der Waals surface area contributed by atoms with E-state index in [2.05, 4.69) is 5.32 Å². The van der Waals surface area contributed by atoms with Gasteiger partial charge in [0.1, 0.15) is 6.04 Å². The van der Waals surface area contributed by atoms with Gasteiger partial charge in [-0.2, -0.15) is 0 Å². The largest absolute Gasteiger partial charge is 0.480 e. The summed E-state index contributed by atoms with van der Waals surface area (Å²) >= 11 is 0. The molecule has 0 aromatic heterocycles. The Kier molecular flexibility index (Phi) is 3.06. The summed E-state index contributed by atoms with van der Waals surface area (Å²) in [5, 5.41) is 11.9. The van der Waals surface area contributed by atoms with Crippen LogP contribution >= 0.6 is 0 Å². The lowest BCUT2D eigenvalue weighted by Crippen LogP contribution is -2.51. The van der Waals surface area contributed by atoms with Crippen LogP contribution in [0.15, 0.2) is 0 Å². The quantitative estimate of drug-likeness (QED) is 0.818. The molecule has 0 aliphatic heterocycles. The molecule has 4 rings (SSSR count). The molecule has 4 bridgehead atoms. The molecule has 4 fully saturated rings. The van der Waals surface area contributed by atoms with Crippen molar-refractivity contribution >= 4 is 11.9 Å². The van der Waals surface area contributed by atoms with Gasteiger partial charge in [-0.15, -0.1) is 0 Å². The van der Waals surface area contributed by atoms with Crippen molar-refractivity contribution in [2.45, 2.75) is 57.9 Å². The second-order valence-corrected chi connectivity index (χ2v) is 7.21. The van der Waals surface area contributed by atoms with Gasteiger partial charge in [-0.1, -0.05) is 0 Å². The Morgan fingerprint density at radius 2 is 1.63 bits per heavy atom. The number of nitrogens with one attached hydrogen (secondary N) is 1. The number of carboxylic acids is 1. The van der Waals surface area contributed by atoms with Gasteiger partial charge in [-0.05, 0) is 68.1 Å². The lowest BCUT2D eigenvalue weighted by Gasteiger charge is -2.57. The third kappa shape index (κ3) is 2.49. The van der Waals surface area contributed by atoms with E-state index in [1.54, 1.807) is 0 Å². The molecule has 4 heteroatoms. The molecule has 19 heavy (non-hydrogen) atoms. The highest BCUT2D eigenvalue weighted by Gasteiger charge is 2.51. The van der Waals surface area contributed by atoms with Gasteiger partial charge in [0.2, 0.25) is 5.91 Å². The van der Waals surface area contributed by atoms with Crippen molar-refractivity contribution in [3.8, 4) is 0 Å². The minimum Gasteiger partial charge on any atom is -0.480 e. The van der Waals surface area contributed by atoms with E-state index in [1.165, 1.54) is 45.4 Å². The van der Waals surface area contributed by atoms with Crippen LogP contribution in [0.3, 0.4) is 0 Å². The molecule has 0 unspecified atom stereocenters. The fraction of sp³-hybridized carbons (Fsp3) is 0.867. The number of rotatable bonds is 4. The normalized spacial score (nSPS) is 41.0. The molecule has 0 spiro atoms. The molecule has 4 aliphatic carbocycles. The Labute approximate surface area is 113 Å². The van der Waals surface area contributed by atoms with E-state index in [-0.39, 0.29) is 11.3 Å². The second-order valence-electron chi connectivity index (χ2n) is 7.21. The van der Waals surface area contributed by atoms with Crippen molar-refractivity contribution in [1.29, 1.82) is 0 Å². The van der Waals surface area contributed by atoms with Crippen molar-refractivity contribution in [3.63, 3.8) is 0 Å². The van der Waals surface area contributed by atoms with E-state index in [4.69, 9.17) is 0 Å². The van der Waals surface area contributed by atoms with Gasteiger partial charge in [0.05, 0.1) is 0 Å². The lowest BCUT2D eigenvalue weighted by atomic mass is 9.48. The fourth-order valence-corrected chi connectivity index (χ4v) is 5.42. The molecular weight excluding hydrogens is 242 g/mol. The minimum atomic E-state index is -0.883. The van der Waals surface area contributed by atoms with Crippen molar-refractivity contribution in [2.75, 3.05) is 0 Å². The molecule has 0 heterocycles. The zero-order valence-electron chi connectivity index (χ0n) is 11.5. The highest BCUT2D eigenvalue weighted by atomic mass is 16.4. The van der Waals surface area contributed by atoms with Crippen LogP contribution in [0, 0.1) is 23.2 Å². The topological polar surface area (TPSA) is 66.4 Å². The number of carboxylic acid groups (broad SMARTS) is 1. The molecule has 106 valence electrons. The van der Waals surface area contributed by atoms with Crippen LogP contribution in [0.25, 0.3) is 0 Å². The van der Waals surface area contributed by atoms with Gasteiger partial charge in [-0.25, -0.2) is 4.79 Å². The molecule has 0 aromatic rings. The smallest absolute Gasteiger partial charge is 0.326 e. The Bertz CT molecular complexity index is 369. The first-order valence-electron chi connectivity index (χ1n) is 7.46. The molecule has 4 aliphatic rings. The number of carbonyl (C=O) groups is 2. The van der Waals surface area contributed by atoms with Gasteiger partial charge < -0.3 is 10.4 Å². The predicted octanol–water partition coefficient (Wildman–Crippen LogP) is 2.18. The summed E-state index contributed by atoms with van der Waals surface area (Å²) in [6, 6.07) is -0.700. The first-order chi connectivity index (χ1) is 8.96. The van der Waals surface area contributed by atoms with E-state index in [0.717, 1.165) is 17.8 Å². The summed E-state index contributed by atoms with van der Waals surface area (Å²) in [6.07, 6.45) is 8.25. The average Bonchev–Trinajstić information content (AvgIpc) is 2.24. The van der Waals surface area contributed by atoms with E-state index in [9.17, 15) is 14.7 Å². The van der Waals surface area contributed by atoms with Crippen LogP contribution in [-0.2, 0) is 9.59 Å². The molecule has 0 aromatic carbocycles. The van der Waals surface area contributed by atoms with Gasteiger partial charge in [-0.3, -0.25) is 4.79 Å². The van der Waals surface area contributed by atoms with Gasteiger partial charge >= 0.3 is 5.97 Å². The number of hydrogen-bond donors (Lipinski definition) is 2. The fourth-order valence-electron chi connectivity index (χ4n) is 5.42. The SMILES string of the molecule is CC(=O)N[C@@H](CC12CC3CC(CC(C3)C1)C2)C(=O)O. The Morgan fingerprint density at radius 1 is 1.16 bits per heavy atom. The third-order valence-corrected chi connectivity index (χ3v) is 5.48. The molecule has 0 saturated heterocycles. The van der Waals surface area contributed by atoms with E-state index in [0.29, 0.717) is 6.42 Å². The van der Waals surface area contributed by atoms with Crippen LogP contribution in [0.2, 0.25) is 0 Å². The minimum absolute atomic E-state index is 0.195. The molecule has 0 radical (unpaired) electrons. The maximum Gasteiger partial charge on any atom is 0.326 e. The molecular formula is C15H23NO3. The zero-order chi connectivity index (χ0) is 13.6. The molecule has 1 amide bonds. The highest BCUT2D eigenvalue weighted by Crippen LogP contribution is 2.61. The number of hydrogen-bond acceptors (Lipinski definition) is 2. The molecule has 1 atom stereocenters. The van der Waals surface area contributed by atoms with Crippen molar-refractivity contribution in [1.82, 2.24) is 5.32 Å². The summed E-state index contributed by atoms with van der Waals surface area (Å²) in [6.45, 7) is 1.40. The van der Waals surface area contributed by atoms with Crippen LogP contribution in [-0.4, -0.2) is 23.0 Å². The van der Waals surface area contributed by atoms with Crippen LogP contribution < -0.4 is 5.32 Å². The van der Waals surface area contributed by atoms with Gasteiger partial charge in [0.15, 0.2) is 0 Å². The second kappa shape index (κ2) is 4.50. The Balaban J connectivity index is 1.74. The predicted molar refractivity (Wildman–Crippen MR) is 70.5 cm³/mol. The Hall–Kier alpha value is -1.06. The van der Waals surface area contributed by atoms with Crippen molar-refractivity contribution in [3.05, 3.63) is 0 Å². The monoisotopic (exact) mass is 265 g/mol. The number of carbonyl (C=O) groups excluding carboxylic acids is 1. The average molecular weight is 265 g/mol. The first kappa shape index (κ1) is 12.9. The van der Waals surface area contributed by atoms with Gasteiger partial charge in [0.25, 0.3) is 0 Å². The first-order valence-corrected chi connectivity index (χ1v) is 7.46. The van der Waals surface area contributed by atoms with E-state index < -0.39 is 12.0 Å². The maximum atomic E-state index is 11.3. The van der Waals surface area contributed by atoms with Crippen LogP contribution in [0.5, 0.6) is 0 Å². The van der Waals surface area contributed by atoms with Crippen molar-refractivity contribution < 1.29 is 14.7 Å². The van der Waals surface area contributed by atoms with E-state index >= 15 is 0 Å². The summed E-state index contributed by atoms with van der Waals surface area (Å²) < 4.78 is 0. The molecule has 2 N–H and O–H groups in total. The lowest BCUT2D eigenvalue weighted by molar-refractivity contribution is -0.144. The standard InChI is InChI=1S/C15H23NO3/c1-9(17)16-13(14(18)19)8-15-5-10-2-11(6-15)4-12(3-10)7-15/h10-13H,2-8H2,1H3,(H,16,17)(H,18,19)/t10?,11?,12?,13-,15?/m0/s1.